The smallest absolute Gasteiger partial charge is 0.251 e. The predicted molar refractivity (Wildman–Crippen MR) is 99.8 cm³/mol. The van der Waals surface area contributed by atoms with Crippen molar-refractivity contribution in [2.45, 2.75) is 43.8 Å². The van der Waals surface area contributed by atoms with Crippen LogP contribution in [-0.2, 0) is 10.0 Å². The third-order valence-electron chi connectivity index (χ3n) is 5.42. The average molecular weight is 373 g/mol. The first kappa shape index (κ1) is 17.3. The molecule has 2 saturated heterocycles. The monoisotopic (exact) mass is 373 g/mol. The van der Waals surface area contributed by atoms with E-state index < -0.39 is 10.0 Å². The molecule has 0 aliphatic carbocycles. The fourth-order valence-corrected chi connectivity index (χ4v) is 5.82. The van der Waals surface area contributed by atoms with E-state index >= 15 is 0 Å². The van der Waals surface area contributed by atoms with Crippen molar-refractivity contribution in [2.24, 2.45) is 0 Å². The summed E-state index contributed by atoms with van der Waals surface area (Å²) in [4.78, 5) is 12.6. The number of benzene rings is 1. The van der Waals surface area contributed by atoms with Crippen LogP contribution in [0, 0.1) is 0 Å². The van der Waals surface area contributed by atoms with Crippen LogP contribution < -0.4 is 5.32 Å². The van der Waals surface area contributed by atoms with Crippen molar-refractivity contribution in [1.82, 2.24) is 14.2 Å². The molecule has 0 radical (unpaired) electrons. The van der Waals surface area contributed by atoms with Gasteiger partial charge in [-0.2, -0.15) is 4.31 Å². The fourth-order valence-electron chi connectivity index (χ4n) is 4.35. The molecule has 0 spiro atoms. The Balaban J connectivity index is 1.42. The molecular formula is C19H23N3O3S. The lowest BCUT2D eigenvalue weighted by Crippen LogP contribution is -2.52. The summed E-state index contributed by atoms with van der Waals surface area (Å²) in [5.74, 6) is -0.0961. The molecule has 0 unspecified atom stereocenters. The van der Waals surface area contributed by atoms with Crippen LogP contribution in [0.15, 0.2) is 48.8 Å². The van der Waals surface area contributed by atoms with E-state index in [4.69, 9.17) is 0 Å². The van der Waals surface area contributed by atoms with Gasteiger partial charge in [-0.05, 0) is 62.1 Å². The van der Waals surface area contributed by atoms with Gasteiger partial charge in [0.05, 0.1) is 6.26 Å². The summed E-state index contributed by atoms with van der Waals surface area (Å²) < 4.78 is 27.6. The molecule has 1 aromatic carbocycles. The number of carbonyl (C=O) groups is 1. The molecule has 1 aromatic heterocycles. The van der Waals surface area contributed by atoms with E-state index in [1.807, 2.05) is 53.4 Å². The molecule has 26 heavy (non-hydrogen) atoms. The molecule has 4 rings (SSSR count). The molecule has 2 fully saturated rings. The number of fused-ring (bicyclic) bond motifs is 2. The van der Waals surface area contributed by atoms with Gasteiger partial charge in [-0.25, -0.2) is 8.42 Å². The second-order valence-electron chi connectivity index (χ2n) is 7.26. The number of hydrogen-bond acceptors (Lipinski definition) is 3. The maximum atomic E-state index is 12.6. The van der Waals surface area contributed by atoms with Gasteiger partial charge in [-0.1, -0.05) is 0 Å². The van der Waals surface area contributed by atoms with Crippen LogP contribution in [-0.4, -0.2) is 47.6 Å². The van der Waals surface area contributed by atoms with Crippen molar-refractivity contribution in [3.63, 3.8) is 0 Å². The fraction of sp³-hybridized carbons (Fsp3) is 0.421. The Morgan fingerprint density at radius 2 is 1.62 bits per heavy atom. The van der Waals surface area contributed by atoms with Crippen molar-refractivity contribution >= 4 is 15.9 Å². The summed E-state index contributed by atoms with van der Waals surface area (Å²) in [7, 11) is -3.17. The van der Waals surface area contributed by atoms with Crippen molar-refractivity contribution in [3.05, 3.63) is 54.4 Å². The minimum atomic E-state index is -3.17. The Labute approximate surface area is 153 Å². The number of carbonyl (C=O) groups excluding carboxylic acids is 1. The van der Waals surface area contributed by atoms with E-state index in [-0.39, 0.29) is 24.0 Å². The van der Waals surface area contributed by atoms with Crippen LogP contribution in [0.4, 0.5) is 0 Å². The molecule has 3 heterocycles. The molecule has 2 bridgehead atoms. The Kier molecular flexibility index (Phi) is 4.36. The first-order chi connectivity index (χ1) is 12.4. The number of piperidine rings is 1. The summed E-state index contributed by atoms with van der Waals surface area (Å²) in [6, 6.07) is 11.5. The number of aromatic nitrogens is 1. The summed E-state index contributed by atoms with van der Waals surface area (Å²) in [5.41, 5.74) is 1.63. The van der Waals surface area contributed by atoms with E-state index in [0.717, 1.165) is 18.5 Å². The number of sulfonamides is 1. The molecule has 2 aliphatic rings. The number of amides is 1. The van der Waals surface area contributed by atoms with E-state index in [0.29, 0.717) is 18.4 Å². The van der Waals surface area contributed by atoms with Crippen LogP contribution in [0.2, 0.25) is 0 Å². The van der Waals surface area contributed by atoms with Gasteiger partial charge < -0.3 is 9.88 Å². The topological polar surface area (TPSA) is 71.4 Å². The molecule has 6 nitrogen and oxygen atoms in total. The van der Waals surface area contributed by atoms with E-state index in [9.17, 15) is 13.2 Å². The maximum Gasteiger partial charge on any atom is 0.251 e. The van der Waals surface area contributed by atoms with Gasteiger partial charge in [-0.15, -0.1) is 0 Å². The third kappa shape index (κ3) is 3.29. The van der Waals surface area contributed by atoms with Crippen molar-refractivity contribution in [2.75, 3.05) is 6.26 Å². The highest BCUT2D eigenvalue weighted by molar-refractivity contribution is 7.88. The quantitative estimate of drug-likeness (QED) is 0.893. The lowest BCUT2D eigenvalue weighted by molar-refractivity contribution is 0.0909. The standard InChI is InChI=1S/C19H23N3O3S/c1-26(24,25)22-17-8-9-18(22)13-15(12-17)20-19(23)14-4-6-16(7-5-14)21-10-2-3-11-21/h2-7,10-11,15,17-18H,8-9,12-13H2,1H3,(H,20,23)/t17-,18-/m0/s1. The van der Waals surface area contributed by atoms with E-state index in [2.05, 4.69) is 5.32 Å². The molecular weight excluding hydrogens is 350 g/mol. The zero-order valence-corrected chi connectivity index (χ0v) is 15.5. The minimum Gasteiger partial charge on any atom is -0.349 e. The van der Waals surface area contributed by atoms with Crippen LogP contribution in [0.3, 0.4) is 0 Å². The zero-order valence-electron chi connectivity index (χ0n) is 14.7. The third-order valence-corrected chi connectivity index (χ3v) is 6.78. The van der Waals surface area contributed by atoms with Crippen molar-refractivity contribution in [1.29, 1.82) is 0 Å². The van der Waals surface area contributed by atoms with Crippen LogP contribution in [0.1, 0.15) is 36.0 Å². The van der Waals surface area contributed by atoms with Crippen molar-refractivity contribution in [3.8, 4) is 5.69 Å². The molecule has 2 aromatic rings. The van der Waals surface area contributed by atoms with Gasteiger partial charge >= 0.3 is 0 Å². The number of rotatable bonds is 4. The second kappa shape index (κ2) is 6.55. The highest BCUT2D eigenvalue weighted by Gasteiger charge is 2.45. The summed E-state index contributed by atoms with van der Waals surface area (Å²) in [6.07, 6.45) is 8.35. The van der Waals surface area contributed by atoms with E-state index in [1.54, 1.807) is 4.31 Å². The van der Waals surface area contributed by atoms with Gasteiger partial charge in [0.1, 0.15) is 0 Å². The highest BCUT2D eigenvalue weighted by atomic mass is 32.2. The van der Waals surface area contributed by atoms with Gasteiger partial charge in [0, 0.05) is 41.8 Å². The first-order valence-corrected chi connectivity index (χ1v) is 10.8. The summed E-state index contributed by atoms with van der Waals surface area (Å²) in [5, 5.41) is 3.09. The zero-order chi connectivity index (χ0) is 18.3. The second-order valence-corrected chi connectivity index (χ2v) is 9.14. The van der Waals surface area contributed by atoms with Crippen LogP contribution in [0.5, 0.6) is 0 Å². The number of nitrogens with one attached hydrogen (secondary N) is 1. The molecule has 1 N–H and O–H groups in total. The maximum absolute atomic E-state index is 12.6. The first-order valence-electron chi connectivity index (χ1n) is 8.94. The average Bonchev–Trinajstić information content (AvgIpc) is 3.22. The normalized spacial score (nSPS) is 26.0. The lowest BCUT2D eigenvalue weighted by atomic mass is 9.99. The number of nitrogens with zero attached hydrogens (tertiary/aromatic N) is 2. The molecule has 2 aliphatic heterocycles. The summed E-state index contributed by atoms with van der Waals surface area (Å²) in [6.45, 7) is 0. The van der Waals surface area contributed by atoms with Crippen LogP contribution >= 0.6 is 0 Å². The largest absolute Gasteiger partial charge is 0.349 e. The SMILES string of the molecule is CS(=O)(=O)N1[C@H]2CC[C@H]1CC(NC(=O)c1ccc(-n3cccc3)cc1)C2. The van der Waals surface area contributed by atoms with Crippen molar-refractivity contribution < 1.29 is 13.2 Å². The highest BCUT2D eigenvalue weighted by Crippen LogP contribution is 2.37. The minimum absolute atomic E-state index is 0.0187. The van der Waals surface area contributed by atoms with E-state index in [1.165, 1.54) is 6.26 Å². The van der Waals surface area contributed by atoms with Gasteiger partial charge in [-0.3, -0.25) is 4.79 Å². The Bertz CT molecular complexity index is 877. The van der Waals surface area contributed by atoms with Gasteiger partial charge in [0.15, 0.2) is 0 Å². The lowest BCUT2D eigenvalue weighted by Gasteiger charge is -2.37. The Morgan fingerprint density at radius 1 is 1.04 bits per heavy atom. The van der Waals surface area contributed by atoms with Gasteiger partial charge in [0.2, 0.25) is 10.0 Å². The van der Waals surface area contributed by atoms with Gasteiger partial charge in [0.25, 0.3) is 5.91 Å². The Hall–Kier alpha value is -2.12. The molecule has 138 valence electrons. The molecule has 1 amide bonds. The Morgan fingerprint density at radius 3 is 2.15 bits per heavy atom. The molecule has 0 saturated carbocycles. The van der Waals surface area contributed by atoms with Crippen LogP contribution in [0.25, 0.3) is 5.69 Å². The molecule has 7 heteroatoms. The predicted octanol–water partition coefficient (Wildman–Crippen LogP) is 2.16. The summed E-state index contributed by atoms with van der Waals surface area (Å²) >= 11 is 0. The number of hydrogen-bond donors (Lipinski definition) is 1. The molecule has 2 atom stereocenters.